The van der Waals surface area contributed by atoms with E-state index in [2.05, 4.69) is 10.3 Å². The first kappa shape index (κ1) is 17.6. The monoisotopic (exact) mass is 357 g/mol. The molecule has 132 valence electrons. The van der Waals surface area contributed by atoms with Crippen LogP contribution < -0.4 is 5.32 Å². The third-order valence-electron chi connectivity index (χ3n) is 4.66. The number of rotatable bonds is 5. The third-order valence-corrected chi connectivity index (χ3v) is 5.46. The van der Waals surface area contributed by atoms with Crippen molar-refractivity contribution in [3.8, 4) is 0 Å². The summed E-state index contributed by atoms with van der Waals surface area (Å²) >= 11 is 1.35. The van der Waals surface area contributed by atoms with E-state index in [0.29, 0.717) is 22.4 Å². The summed E-state index contributed by atoms with van der Waals surface area (Å²) in [6, 6.07) is 9.38. The molecule has 1 aliphatic carbocycles. The number of carbonyl (C=O) groups excluding carboxylic acids is 2. The Labute approximate surface area is 152 Å². The molecule has 1 aromatic heterocycles. The molecule has 2 amide bonds. The molecule has 5 nitrogen and oxygen atoms in total. The summed E-state index contributed by atoms with van der Waals surface area (Å²) < 4.78 is 0. The minimum absolute atomic E-state index is 0.0955. The molecule has 0 bridgehead atoms. The van der Waals surface area contributed by atoms with Crippen LogP contribution in [0.25, 0.3) is 0 Å². The molecule has 0 unspecified atom stereocenters. The minimum Gasteiger partial charge on any atom is -0.342 e. The number of benzene rings is 1. The standard InChI is InChI=1S/C19H23N3O2S/c1-22(16-10-6-3-7-11-16)17(23)12-15-13-25-19(20-15)21-18(24)14-8-4-2-5-9-14/h2,4-5,8-9,13,16H,3,6-7,10-12H2,1H3,(H,20,21,24). The molecule has 1 heterocycles. The maximum atomic E-state index is 12.5. The van der Waals surface area contributed by atoms with Gasteiger partial charge in [-0.2, -0.15) is 0 Å². The van der Waals surface area contributed by atoms with E-state index >= 15 is 0 Å². The van der Waals surface area contributed by atoms with Gasteiger partial charge in [0.2, 0.25) is 5.91 Å². The molecular formula is C19H23N3O2S. The fraction of sp³-hybridized carbons (Fsp3) is 0.421. The molecule has 0 spiro atoms. The van der Waals surface area contributed by atoms with E-state index in [1.807, 2.05) is 35.5 Å². The van der Waals surface area contributed by atoms with Gasteiger partial charge in [0.05, 0.1) is 12.1 Å². The molecule has 1 aliphatic rings. The summed E-state index contributed by atoms with van der Waals surface area (Å²) in [6.07, 6.45) is 6.15. The summed E-state index contributed by atoms with van der Waals surface area (Å²) in [4.78, 5) is 30.9. The summed E-state index contributed by atoms with van der Waals surface area (Å²) in [5.74, 6) is -0.0923. The van der Waals surface area contributed by atoms with Crippen LogP contribution >= 0.6 is 11.3 Å². The molecule has 1 aromatic carbocycles. The normalized spacial score (nSPS) is 14.9. The molecule has 1 fully saturated rings. The number of anilines is 1. The fourth-order valence-electron chi connectivity index (χ4n) is 3.16. The molecule has 1 N–H and O–H groups in total. The zero-order valence-electron chi connectivity index (χ0n) is 14.4. The summed E-state index contributed by atoms with van der Waals surface area (Å²) in [5.41, 5.74) is 1.30. The van der Waals surface area contributed by atoms with Gasteiger partial charge in [-0.25, -0.2) is 4.98 Å². The van der Waals surface area contributed by atoms with Gasteiger partial charge in [0, 0.05) is 24.0 Å². The smallest absolute Gasteiger partial charge is 0.257 e. The predicted octanol–water partition coefficient (Wildman–Crippen LogP) is 3.73. The van der Waals surface area contributed by atoms with Crippen molar-refractivity contribution >= 4 is 28.3 Å². The predicted molar refractivity (Wildman–Crippen MR) is 99.9 cm³/mol. The molecule has 2 aromatic rings. The summed E-state index contributed by atoms with van der Waals surface area (Å²) in [7, 11) is 1.89. The average molecular weight is 357 g/mol. The van der Waals surface area contributed by atoms with Crippen LogP contribution in [-0.4, -0.2) is 34.8 Å². The van der Waals surface area contributed by atoms with Crippen molar-refractivity contribution < 1.29 is 9.59 Å². The summed E-state index contributed by atoms with van der Waals surface area (Å²) in [5, 5.41) is 5.15. The highest BCUT2D eigenvalue weighted by Gasteiger charge is 2.22. The van der Waals surface area contributed by atoms with Crippen LogP contribution in [0.2, 0.25) is 0 Å². The van der Waals surface area contributed by atoms with Gasteiger partial charge in [-0.1, -0.05) is 37.5 Å². The van der Waals surface area contributed by atoms with Crippen LogP contribution in [0.3, 0.4) is 0 Å². The van der Waals surface area contributed by atoms with Crippen molar-refractivity contribution in [1.29, 1.82) is 0 Å². The van der Waals surface area contributed by atoms with Crippen molar-refractivity contribution in [2.75, 3.05) is 12.4 Å². The van der Waals surface area contributed by atoms with Crippen molar-refractivity contribution in [3.05, 3.63) is 47.0 Å². The first-order valence-electron chi connectivity index (χ1n) is 8.70. The lowest BCUT2D eigenvalue weighted by Crippen LogP contribution is -2.39. The minimum atomic E-state index is -0.188. The number of likely N-dealkylation sites (N-methyl/N-ethyl adjacent to an activating group) is 1. The van der Waals surface area contributed by atoms with Gasteiger partial charge in [-0.15, -0.1) is 11.3 Å². The molecular weight excluding hydrogens is 334 g/mol. The first-order chi connectivity index (χ1) is 12.1. The topological polar surface area (TPSA) is 62.3 Å². The lowest BCUT2D eigenvalue weighted by atomic mass is 9.94. The molecule has 0 atom stereocenters. The van der Waals surface area contributed by atoms with Crippen LogP contribution in [0.4, 0.5) is 5.13 Å². The highest BCUT2D eigenvalue weighted by molar-refractivity contribution is 7.14. The number of amides is 2. The number of aromatic nitrogens is 1. The van der Waals surface area contributed by atoms with E-state index in [9.17, 15) is 9.59 Å². The van der Waals surface area contributed by atoms with E-state index in [1.54, 1.807) is 12.1 Å². The lowest BCUT2D eigenvalue weighted by molar-refractivity contribution is -0.131. The van der Waals surface area contributed by atoms with Crippen molar-refractivity contribution in [2.24, 2.45) is 0 Å². The van der Waals surface area contributed by atoms with Crippen LogP contribution in [0.1, 0.15) is 48.2 Å². The van der Waals surface area contributed by atoms with E-state index < -0.39 is 0 Å². The zero-order valence-corrected chi connectivity index (χ0v) is 15.2. The lowest BCUT2D eigenvalue weighted by Gasteiger charge is -2.31. The highest BCUT2D eigenvalue weighted by atomic mass is 32.1. The maximum absolute atomic E-state index is 12.5. The SMILES string of the molecule is CN(C(=O)Cc1csc(NC(=O)c2ccccc2)n1)C1CCCCC1. The van der Waals surface area contributed by atoms with E-state index in [1.165, 1.54) is 30.6 Å². The Morgan fingerprint density at radius 3 is 2.64 bits per heavy atom. The number of thiazole rings is 1. The molecule has 6 heteroatoms. The van der Waals surface area contributed by atoms with Gasteiger partial charge in [0.25, 0.3) is 5.91 Å². The van der Waals surface area contributed by atoms with Gasteiger partial charge in [0.15, 0.2) is 5.13 Å². The van der Waals surface area contributed by atoms with Crippen LogP contribution in [-0.2, 0) is 11.2 Å². The van der Waals surface area contributed by atoms with E-state index in [4.69, 9.17) is 0 Å². The van der Waals surface area contributed by atoms with Crippen molar-refractivity contribution in [2.45, 2.75) is 44.6 Å². The van der Waals surface area contributed by atoms with Gasteiger partial charge in [-0.3, -0.25) is 14.9 Å². The molecule has 0 radical (unpaired) electrons. The Hall–Kier alpha value is -2.21. The van der Waals surface area contributed by atoms with Gasteiger partial charge in [-0.05, 0) is 25.0 Å². The van der Waals surface area contributed by atoms with Crippen molar-refractivity contribution in [3.63, 3.8) is 0 Å². The number of nitrogens with zero attached hydrogens (tertiary/aromatic N) is 2. The second kappa shape index (κ2) is 8.25. The maximum Gasteiger partial charge on any atom is 0.257 e. The van der Waals surface area contributed by atoms with Gasteiger partial charge in [0.1, 0.15) is 0 Å². The molecule has 1 saturated carbocycles. The average Bonchev–Trinajstić information content (AvgIpc) is 3.09. The Bertz CT molecular complexity index is 723. The largest absolute Gasteiger partial charge is 0.342 e. The number of hydrogen-bond acceptors (Lipinski definition) is 4. The molecule has 0 saturated heterocycles. The van der Waals surface area contributed by atoms with Crippen LogP contribution in [0.5, 0.6) is 0 Å². The van der Waals surface area contributed by atoms with Gasteiger partial charge >= 0.3 is 0 Å². The van der Waals surface area contributed by atoms with Crippen LogP contribution in [0, 0.1) is 0 Å². The quantitative estimate of drug-likeness (QED) is 0.887. The zero-order chi connectivity index (χ0) is 17.6. The van der Waals surface area contributed by atoms with Gasteiger partial charge < -0.3 is 4.90 Å². The number of nitrogens with one attached hydrogen (secondary N) is 1. The summed E-state index contributed by atoms with van der Waals surface area (Å²) in [6.45, 7) is 0. The number of carbonyl (C=O) groups is 2. The van der Waals surface area contributed by atoms with E-state index in [-0.39, 0.29) is 18.2 Å². The Morgan fingerprint density at radius 2 is 1.92 bits per heavy atom. The molecule has 3 rings (SSSR count). The van der Waals surface area contributed by atoms with E-state index in [0.717, 1.165) is 12.8 Å². The molecule has 0 aliphatic heterocycles. The highest BCUT2D eigenvalue weighted by Crippen LogP contribution is 2.23. The Morgan fingerprint density at radius 1 is 1.20 bits per heavy atom. The fourth-order valence-corrected chi connectivity index (χ4v) is 3.86. The second-order valence-electron chi connectivity index (χ2n) is 6.44. The van der Waals surface area contributed by atoms with Crippen LogP contribution in [0.15, 0.2) is 35.7 Å². The first-order valence-corrected chi connectivity index (χ1v) is 9.58. The number of hydrogen-bond donors (Lipinski definition) is 1. The Kier molecular flexibility index (Phi) is 5.81. The second-order valence-corrected chi connectivity index (χ2v) is 7.30. The Balaban J connectivity index is 1.56. The van der Waals surface area contributed by atoms with Crippen molar-refractivity contribution in [1.82, 2.24) is 9.88 Å². The third kappa shape index (κ3) is 4.66. The molecule has 25 heavy (non-hydrogen) atoms.